The molecule has 0 spiro atoms. The Hall–Kier alpha value is -1.46. The third-order valence-corrected chi connectivity index (χ3v) is 3.74. The first-order chi connectivity index (χ1) is 11.1. The van der Waals surface area contributed by atoms with Crippen molar-refractivity contribution in [3.05, 3.63) is 59.1 Å². The fourth-order valence-corrected chi connectivity index (χ4v) is 2.39. The SMILES string of the molecule is COc1ccccc1OCC(O)CNC(C)c1cccc(Cl)c1.Cl. The Morgan fingerprint density at radius 1 is 1.12 bits per heavy atom. The fourth-order valence-electron chi connectivity index (χ4n) is 2.19. The number of hydrogen-bond donors (Lipinski definition) is 2. The van der Waals surface area contributed by atoms with Gasteiger partial charge in [-0.3, -0.25) is 0 Å². The van der Waals surface area contributed by atoms with Gasteiger partial charge in [-0.2, -0.15) is 0 Å². The van der Waals surface area contributed by atoms with Crippen LogP contribution in [0.4, 0.5) is 0 Å². The summed E-state index contributed by atoms with van der Waals surface area (Å²) in [5.41, 5.74) is 1.08. The second-order valence-corrected chi connectivity index (χ2v) is 5.74. The predicted molar refractivity (Wildman–Crippen MR) is 99.6 cm³/mol. The number of nitrogens with one attached hydrogen (secondary N) is 1. The summed E-state index contributed by atoms with van der Waals surface area (Å²) in [5.74, 6) is 1.27. The van der Waals surface area contributed by atoms with E-state index in [0.717, 1.165) is 5.56 Å². The van der Waals surface area contributed by atoms with E-state index in [1.807, 2.05) is 55.5 Å². The third-order valence-electron chi connectivity index (χ3n) is 3.51. The molecule has 2 aromatic rings. The van der Waals surface area contributed by atoms with Gasteiger partial charge in [0, 0.05) is 17.6 Å². The van der Waals surface area contributed by atoms with Crippen LogP contribution in [-0.2, 0) is 0 Å². The first-order valence-corrected chi connectivity index (χ1v) is 7.90. The van der Waals surface area contributed by atoms with E-state index in [1.54, 1.807) is 7.11 Å². The number of aliphatic hydroxyl groups is 1. The van der Waals surface area contributed by atoms with Crippen molar-refractivity contribution >= 4 is 24.0 Å². The highest BCUT2D eigenvalue weighted by atomic mass is 35.5. The Bertz CT molecular complexity index is 625. The second-order valence-electron chi connectivity index (χ2n) is 5.30. The molecule has 2 aromatic carbocycles. The van der Waals surface area contributed by atoms with Crippen LogP contribution in [-0.4, -0.2) is 31.5 Å². The summed E-state index contributed by atoms with van der Waals surface area (Å²) in [4.78, 5) is 0. The minimum Gasteiger partial charge on any atom is -0.493 e. The van der Waals surface area contributed by atoms with E-state index in [2.05, 4.69) is 5.32 Å². The molecule has 0 amide bonds. The van der Waals surface area contributed by atoms with Gasteiger partial charge in [-0.15, -0.1) is 12.4 Å². The van der Waals surface area contributed by atoms with Gasteiger partial charge in [-0.05, 0) is 36.8 Å². The van der Waals surface area contributed by atoms with Gasteiger partial charge in [0.2, 0.25) is 0 Å². The van der Waals surface area contributed by atoms with Crippen molar-refractivity contribution in [2.75, 3.05) is 20.3 Å². The molecule has 24 heavy (non-hydrogen) atoms. The highest BCUT2D eigenvalue weighted by Gasteiger charge is 2.11. The van der Waals surface area contributed by atoms with E-state index in [1.165, 1.54) is 0 Å². The average Bonchev–Trinajstić information content (AvgIpc) is 2.58. The van der Waals surface area contributed by atoms with Gasteiger partial charge in [-0.1, -0.05) is 35.9 Å². The monoisotopic (exact) mass is 371 g/mol. The van der Waals surface area contributed by atoms with E-state index < -0.39 is 6.10 Å². The molecule has 2 atom stereocenters. The lowest BCUT2D eigenvalue weighted by atomic mass is 10.1. The zero-order chi connectivity index (χ0) is 16.7. The molecule has 0 saturated carbocycles. The molecule has 6 heteroatoms. The van der Waals surface area contributed by atoms with Crippen molar-refractivity contribution in [3.8, 4) is 11.5 Å². The lowest BCUT2D eigenvalue weighted by Gasteiger charge is -2.18. The van der Waals surface area contributed by atoms with Crippen molar-refractivity contribution in [1.82, 2.24) is 5.32 Å². The molecule has 0 aliphatic heterocycles. The molecule has 2 N–H and O–H groups in total. The van der Waals surface area contributed by atoms with Crippen LogP contribution < -0.4 is 14.8 Å². The molecular weight excluding hydrogens is 349 g/mol. The molecule has 0 radical (unpaired) electrons. The lowest BCUT2D eigenvalue weighted by molar-refractivity contribution is 0.102. The van der Waals surface area contributed by atoms with Crippen molar-refractivity contribution < 1.29 is 14.6 Å². The van der Waals surface area contributed by atoms with E-state index in [9.17, 15) is 5.11 Å². The summed E-state index contributed by atoms with van der Waals surface area (Å²) in [5, 5.41) is 14.0. The van der Waals surface area contributed by atoms with E-state index in [0.29, 0.717) is 23.1 Å². The van der Waals surface area contributed by atoms with Gasteiger partial charge in [0.15, 0.2) is 11.5 Å². The van der Waals surface area contributed by atoms with Gasteiger partial charge in [0.05, 0.1) is 7.11 Å². The van der Waals surface area contributed by atoms with Gasteiger partial charge < -0.3 is 19.9 Å². The molecule has 0 fully saturated rings. The number of hydrogen-bond acceptors (Lipinski definition) is 4. The maximum Gasteiger partial charge on any atom is 0.161 e. The Morgan fingerprint density at radius 2 is 1.83 bits per heavy atom. The van der Waals surface area contributed by atoms with Crippen molar-refractivity contribution in [1.29, 1.82) is 0 Å². The second kappa shape index (κ2) is 10.4. The Morgan fingerprint density at radius 3 is 2.50 bits per heavy atom. The van der Waals surface area contributed by atoms with Crippen LogP contribution in [0, 0.1) is 0 Å². The minimum absolute atomic E-state index is 0. The minimum atomic E-state index is -0.624. The van der Waals surface area contributed by atoms with Gasteiger partial charge in [0.25, 0.3) is 0 Å². The van der Waals surface area contributed by atoms with Crippen molar-refractivity contribution in [3.63, 3.8) is 0 Å². The molecule has 0 aliphatic rings. The van der Waals surface area contributed by atoms with Crippen LogP contribution in [0.5, 0.6) is 11.5 Å². The zero-order valence-corrected chi connectivity index (χ0v) is 15.3. The summed E-state index contributed by atoms with van der Waals surface area (Å²) in [6.07, 6.45) is -0.624. The highest BCUT2D eigenvalue weighted by molar-refractivity contribution is 6.30. The summed E-state index contributed by atoms with van der Waals surface area (Å²) >= 11 is 5.99. The smallest absolute Gasteiger partial charge is 0.161 e. The van der Waals surface area contributed by atoms with Crippen LogP contribution in [0.1, 0.15) is 18.5 Å². The topological polar surface area (TPSA) is 50.7 Å². The van der Waals surface area contributed by atoms with Crippen LogP contribution >= 0.6 is 24.0 Å². The average molecular weight is 372 g/mol. The largest absolute Gasteiger partial charge is 0.493 e. The lowest BCUT2D eigenvalue weighted by Crippen LogP contribution is -2.33. The van der Waals surface area contributed by atoms with Crippen LogP contribution in [0.15, 0.2) is 48.5 Å². The summed E-state index contributed by atoms with van der Waals surface area (Å²) in [6, 6.07) is 15.1. The maximum atomic E-state index is 10.1. The Kier molecular flexibility index (Phi) is 8.93. The summed E-state index contributed by atoms with van der Waals surface area (Å²) < 4.78 is 10.8. The van der Waals surface area contributed by atoms with Gasteiger partial charge in [0.1, 0.15) is 12.7 Å². The molecule has 0 saturated heterocycles. The molecule has 4 nitrogen and oxygen atoms in total. The van der Waals surface area contributed by atoms with E-state index in [4.69, 9.17) is 21.1 Å². The fraction of sp³-hybridized carbons (Fsp3) is 0.333. The molecule has 132 valence electrons. The number of ether oxygens (including phenoxy) is 2. The predicted octanol–water partition coefficient (Wildman–Crippen LogP) is 3.86. The highest BCUT2D eigenvalue weighted by Crippen LogP contribution is 2.25. The third kappa shape index (κ3) is 6.21. The van der Waals surface area contributed by atoms with Crippen LogP contribution in [0.2, 0.25) is 5.02 Å². The number of methoxy groups -OCH3 is 1. The molecule has 0 aliphatic carbocycles. The zero-order valence-electron chi connectivity index (χ0n) is 13.7. The first-order valence-electron chi connectivity index (χ1n) is 7.53. The molecule has 0 aromatic heterocycles. The summed E-state index contributed by atoms with van der Waals surface area (Å²) in [7, 11) is 1.59. The molecule has 0 heterocycles. The van der Waals surface area contributed by atoms with Gasteiger partial charge in [-0.25, -0.2) is 0 Å². The number of aliphatic hydroxyl groups excluding tert-OH is 1. The number of benzene rings is 2. The van der Waals surface area contributed by atoms with Crippen LogP contribution in [0.3, 0.4) is 0 Å². The maximum absolute atomic E-state index is 10.1. The summed E-state index contributed by atoms with van der Waals surface area (Å²) in [6.45, 7) is 2.64. The Balaban J connectivity index is 0.00000288. The number of halogens is 2. The van der Waals surface area contributed by atoms with E-state index >= 15 is 0 Å². The molecular formula is C18H23Cl2NO3. The van der Waals surface area contributed by atoms with Gasteiger partial charge >= 0.3 is 0 Å². The Labute approximate surface area is 154 Å². The van der Waals surface area contributed by atoms with Crippen molar-refractivity contribution in [2.24, 2.45) is 0 Å². The van der Waals surface area contributed by atoms with Crippen molar-refractivity contribution in [2.45, 2.75) is 19.1 Å². The van der Waals surface area contributed by atoms with Crippen LogP contribution in [0.25, 0.3) is 0 Å². The first kappa shape index (κ1) is 20.6. The van der Waals surface area contributed by atoms with E-state index in [-0.39, 0.29) is 25.1 Å². The standard InChI is InChI=1S/C18H22ClNO3.ClH/c1-13(14-6-5-7-15(19)10-14)20-11-16(21)12-23-18-9-4-3-8-17(18)22-2;/h3-10,13,16,20-21H,11-12H2,1-2H3;1H. The number of rotatable bonds is 8. The molecule has 2 unspecified atom stereocenters. The quantitative estimate of drug-likeness (QED) is 0.739. The molecule has 2 rings (SSSR count). The number of para-hydroxylation sites is 2. The molecule has 0 bridgehead atoms. The normalized spacial score (nSPS) is 12.8.